The van der Waals surface area contributed by atoms with E-state index in [1.165, 1.54) is 16.7 Å². The summed E-state index contributed by atoms with van der Waals surface area (Å²) in [5.74, 6) is 0.393. The summed E-state index contributed by atoms with van der Waals surface area (Å²) in [5, 5.41) is 32.6. The molecule has 11 nitrogen and oxygen atoms in total. The van der Waals surface area contributed by atoms with Gasteiger partial charge in [-0.3, -0.25) is 19.5 Å². The van der Waals surface area contributed by atoms with Crippen molar-refractivity contribution in [2.45, 2.75) is 46.3 Å². The van der Waals surface area contributed by atoms with E-state index in [2.05, 4.69) is 15.5 Å². The molecule has 0 radical (unpaired) electrons. The number of hydrogen-bond donors (Lipinski definition) is 1. The number of nitrogens with zero attached hydrogens (tertiary/aromatic N) is 5. The molecule has 2 aromatic rings. The second-order valence-electron chi connectivity index (χ2n) is 7.76. The van der Waals surface area contributed by atoms with Crippen LogP contribution in [-0.4, -0.2) is 42.5 Å². The molecule has 182 valence electrons. The van der Waals surface area contributed by atoms with Crippen LogP contribution < -0.4 is 10.9 Å². The van der Waals surface area contributed by atoms with E-state index in [1.54, 1.807) is 26.2 Å². The number of pyridine rings is 1. The molecule has 2 rings (SSSR count). The van der Waals surface area contributed by atoms with Gasteiger partial charge in [-0.15, -0.1) is 10.2 Å². The van der Waals surface area contributed by atoms with Crippen molar-refractivity contribution in [3.63, 3.8) is 0 Å². The van der Waals surface area contributed by atoms with Crippen LogP contribution in [0.4, 0.5) is 22.9 Å². The summed E-state index contributed by atoms with van der Waals surface area (Å²) in [5.41, 5.74) is -0.000550. The molecule has 34 heavy (non-hydrogen) atoms. The highest BCUT2D eigenvalue weighted by Gasteiger charge is 2.20. The smallest absolute Gasteiger partial charge is 0.296 e. The van der Waals surface area contributed by atoms with Crippen molar-refractivity contribution in [2.75, 3.05) is 32.2 Å². The number of nitrogens with one attached hydrogen (secondary N) is 1. The molecule has 0 unspecified atom stereocenters. The van der Waals surface area contributed by atoms with Gasteiger partial charge in [-0.2, -0.15) is 5.26 Å². The molecule has 1 heterocycles. The average Bonchev–Trinajstić information content (AvgIpc) is 2.80. The molecule has 0 aliphatic rings. The van der Waals surface area contributed by atoms with Crippen LogP contribution in [0.2, 0.25) is 0 Å². The summed E-state index contributed by atoms with van der Waals surface area (Å²) >= 11 is 0. The zero-order valence-electron chi connectivity index (χ0n) is 19.9. The molecule has 11 heteroatoms. The molecule has 1 aromatic carbocycles. The first-order valence-electron chi connectivity index (χ1n) is 11.0. The normalized spacial score (nSPS) is 11.2. The van der Waals surface area contributed by atoms with Gasteiger partial charge in [0.05, 0.1) is 11.0 Å². The summed E-state index contributed by atoms with van der Waals surface area (Å²) in [6.45, 7) is 7.19. The van der Waals surface area contributed by atoms with Crippen molar-refractivity contribution >= 4 is 22.9 Å². The average molecular weight is 471 g/mol. The van der Waals surface area contributed by atoms with Gasteiger partial charge in [-0.25, -0.2) is 0 Å². The van der Waals surface area contributed by atoms with Gasteiger partial charge in [0.15, 0.2) is 5.69 Å². The SMILES string of the molecule is COCCCNc1c(N=Nc2ccccc2[N+](=O)[O-])c(C)c(C#N)c(=O)n1CCCOC(C)C. The van der Waals surface area contributed by atoms with Gasteiger partial charge < -0.3 is 14.8 Å². The maximum Gasteiger partial charge on any atom is 0.296 e. The molecule has 0 saturated heterocycles. The van der Waals surface area contributed by atoms with Gasteiger partial charge >= 0.3 is 0 Å². The number of rotatable bonds is 13. The van der Waals surface area contributed by atoms with Gasteiger partial charge in [0.2, 0.25) is 0 Å². The lowest BCUT2D eigenvalue weighted by Crippen LogP contribution is -2.28. The largest absolute Gasteiger partial charge is 0.385 e. The number of methoxy groups -OCH3 is 1. The number of benzene rings is 1. The lowest BCUT2D eigenvalue weighted by molar-refractivity contribution is -0.384. The van der Waals surface area contributed by atoms with Crippen molar-refractivity contribution in [1.29, 1.82) is 5.26 Å². The van der Waals surface area contributed by atoms with Gasteiger partial charge in [0, 0.05) is 45.0 Å². The van der Waals surface area contributed by atoms with Crippen LogP contribution in [0.3, 0.4) is 0 Å². The number of nitro benzene ring substituents is 1. The van der Waals surface area contributed by atoms with E-state index in [-0.39, 0.29) is 28.7 Å². The summed E-state index contributed by atoms with van der Waals surface area (Å²) in [7, 11) is 1.60. The van der Waals surface area contributed by atoms with Gasteiger partial charge in [0.25, 0.3) is 11.2 Å². The number of anilines is 1. The third-order valence-corrected chi connectivity index (χ3v) is 4.93. The predicted molar refractivity (Wildman–Crippen MR) is 128 cm³/mol. The van der Waals surface area contributed by atoms with Crippen LogP contribution in [-0.2, 0) is 16.0 Å². The Morgan fingerprint density at radius 2 is 1.97 bits per heavy atom. The molecule has 0 amide bonds. The van der Waals surface area contributed by atoms with Gasteiger partial charge in [-0.1, -0.05) is 12.1 Å². The van der Waals surface area contributed by atoms with Crippen molar-refractivity contribution in [3.05, 3.63) is 55.9 Å². The fraction of sp³-hybridized carbons (Fsp3) is 0.478. The van der Waals surface area contributed by atoms with Crippen LogP contribution in [0, 0.1) is 28.4 Å². The fourth-order valence-electron chi connectivity index (χ4n) is 3.24. The van der Waals surface area contributed by atoms with E-state index in [1.807, 2.05) is 19.9 Å². The number of para-hydroxylation sites is 1. The standard InChI is InChI=1S/C23H30N6O5/c1-16(2)34-14-8-12-28-22(25-11-7-13-33-4)21(17(3)18(15-24)23(28)30)27-26-19-9-5-6-10-20(19)29(31)32/h5-6,9-10,16,25H,7-8,11-14H2,1-4H3. The first kappa shape index (κ1) is 26.6. The molecule has 0 aliphatic heterocycles. The van der Waals surface area contributed by atoms with Crippen molar-refractivity contribution in [3.8, 4) is 6.07 Å². The Kier molecular flexibility index (Phi) is 10.3. The molecule has 0 aliphatic carbocycles. The first-order valence-corrected chi connectivity index (χ1v) is 11.0. The van der Waals surface area contributed by atoms with Crippen LogP contribution in [0.15, 0.2) is 39.3 Å². The lowest BCUT2D eigenvalue weighted by Gasteiger charge is -2.19. The van der Waals surface area contributed by atoms with Gasteiger partial charge in [0.1, 0.15) is 23.1 Å². The first-order chi connectivity index (χ1) is 16.3. The Bertz CT molecular complexity index is 1120. The second kappa shape index (κ2) is 13.2. The fourth-order valence-corrected chi connectivity index (χ4v) is 3.24. The van der Waals surface area contributed by atoms with E-state index in [9.17, 15) is 20.2 Å². The van der Waals surface area contributed by atoms with Crippen molar-refractivity contribution < 1.29 is 14.4 Å². The summed E-state index contributed by atoms with van der Waals surface area (Å²) in [6.07, 6.45) is 1.27. The van der Waals surface area contributed by atoms with Crippen LogP contribution >= 0.6 is 0 Å². The molecule has 0 fully saturated rings. The third kappa shape index (κ3) is 6.94. The van der Waals surface area contributed by atoms with E-state index in [0.717, 1.165) is 0 Å². The summed E-state index contributed by atoms with van der Waals surface area (Å²) < 4.78 is 12.1. The zero-order valence-corrected chi connectivity index (χ0v) is 19.9. The molecule has 1 aromatic heterocycles. The maximum atomic E-state index is 13.1. The minimum Gasteiger partial charge on any atom is -0.385 e. The predicted octanol–water partition coefficient (Wildman–Crippen LogP) is 4.62. The number of aromatic nitrogens is 1. The quantitative estimate of drug-likeness (QED) is 0.195. The summed E-state index contributed by atoms with van der Waals surface area (Å²) in [6, 6.07) is 7.94. The molecule has 1 N–H and O–H groups in total. The molecular formula is C23H30N6O5. The topological polar surface area (TPSA) is 144 Å². The zero-order chi connectivity index (χ0) is 25.1. The monoisotopic (exact) mass is 470 g/mol. The Labute approximate surface area is 198 Å². The Hall–Kier alpha value is -3.62. The number of hydrogen-bond acceptors (Lipinski definition) is 9. The molecule has 0 saturated carbocycles. The Morgan fingerprint density at radius 1 is 1.24 bits per heavy atom. The highest BCUT2D eigenvalue weighted by Crippen LogP contribution is 2.34. The van der Waals surface area contributed by atoms with Crippen LogP contribution in [0.1, 0.15) is 37.8 Å². The number of nitriles is 1. The van der Waals surface area contributed by atoms with Gasteiger partial charge in [-0.05, 0) is 39.7 Å². The molecule has 0 bridgehead atoms. The Morgan fingerprint density at radius 3 is 2.62 bits per heavy atom. The highest BCUT2D eigenvalue weighted by molar-refractivity contribution is 5.69. The number of azo groups is 1. The molecular weight excluding hydrogens is 440 g/mol. The third-order valence-electron chi connectivity index (χ3n) is 4.93. The van der Waals surface area contributed by atoms with Crippen LogP contribution in [0.25, 0.3) is 0 Å². The van der Waals surface area contributed by atoms with Crippen molar-refractivity contribution in [1.82, 2.24) is 4.57 Å². The second-order valence-corrected chi connectivity index (χ2v) is 7.76. The van der Waals surface area contributed by atoms with E-state index < -0.39 is 10.5 Å². The molecule has 0 spiro atoms. The lowest BCUT2D eigenvalue weighted by atomic mass is 10.1. The minimum atomic E-state index is -0.540. The minimum absolute atomic E-state index is 0.0521. The van der Waals surface area contributed by atoms with E-state index in [0.29, 0.717) is 50.5 Å². The summed E-state index contributed by atoms with van der Waals surface area (Å²) in [4.78, 5) is 23.9. The Balaban J connectivity index is 2.57. The van der Waals surface area contributed by atoms with E-state index >= 15 is 0 Å². The highest BCUT2D eigenvalue weighted by atomic mass is 16.6. The number of nitro groups is 1. The number of ether oxygens (including phenoxy) is 2. The maximum absolute atomic E-state index is 13.1. The van der Waals surface area contributed by atoms with Crippen molar-refractivity contribution in [2.24, 2.45) is 10.2 Å². The molecule has 0 atom stereocenters. The van der Waals surface area contributed by atoms with Crippen LogP contribution in [0.5, 0.6) is 0 Å². The van der Waals surface area contributed by atoms with E-state index in [4.69, 9.17) is 9.47 Å².